The van der Waals surface area contributed by atoms with Crippen LogP contribution in [0.5, 0.6) is 0 Å². The van der Waals surface area contributed by atoms with Gasteiger partial charge >= 0.3 is 0 Å². The molecule has 0 aromatic heterocycles. The van der Waals surface area contributed by atoms with Crippen LogP contribution in [0.2, 0.25) is 0 Å². The lowest BCUT2D eigenvalue weighted by Crippen LogP contribution is -2.55. The maximum atomic E-state index is 12.1. The van der Waals surface area contributed by atoms with Crippen LogP contribution >= 0.6 is 0 Å². The predicted octanol–water partition coefficient (Wildman–Crippen LogP) is 0.304. The van der Waals surface area contributed by atoms with Gasteiger partial charge in [-0.05, 0) is 12.1 Å². The van der Waals surface area contributed by atoms with E-state index in [1.54, 1.807) is 5.18 Å². The van der Waals surface area contributed by atoms with E-state index in [4.69, 9.17) is 0 Å². The summed E-state index contributed by atoms with van der Waals surface area (Å²) in [6.45, 7) is 0. The number of halogens is 1. The first kappa shape index (κ1) is 5.88. The zero-order chi connectivity index (χ0) is 6.69. The van der Waals surface area contributed by atoms with Gasteiger partial charge in [-0.25, -0.2) is 4.39 Å². The first-order valence-electron chi connectivity index (χ1n) is 2.46. The Morgan fingerprint density at radius 2 is 1.78 bits per heavy atom. The molecule has 0 bridgehead atoms. The fraction of sp³-hybridized carbons (Fsp3) is 0. The molecule has 1 rings (SSSR count). The van der Waals surface area contributed by atoms with Gasteiger partial charge in [0, 0.05) is 22.2 Å². The molecule has 0 unspecified atom stereocenters. The summed E-state index contributed by atoms with van der Waals surface area (Å²) in [6, 6.07) is 5.20. The Bertz CT molecular complexity index is 207. The molecule has 0 aliphatic carbocycles. The fourth-order valence-corrected chi connectivity index (χ4v) is 0.518. The van der Waals surface area contributed by atoms with Gasteiger partial charge < -0.3 is 0 Å². The Morgan fingerprint density at radius 3 is 2.22 bits per heavy atom. The Balaban J connectivity index is 3.01. The molecular weight excluding hydrogens is 121 g/mol. The highest BCUT2D eigenvalue weighted by Gasteiger charge is 1.94. The number of hydrogen-bond acceptors (Lipinski definition) is 1. The molecule has 46 valence electrons. The second-order valence-corrected chi connectivity index (χ2v) is 1.61. The molecule has 0 aliphatic rings. The molecule has 0 heterocycles. The summed E-state index contributed by atoms with van der Waals surface area (Å²) in [5.41, 5.74) is 0.372. The van der Waals surface area contributed by atoms with Crippen molar-refractivity contribution >= 4 is 5.69 Å². The Labute approximate surface area is 51.3 Å². The third-order valence-electron chi connectivity index (χ3n) is 0.962. The van der Waals surface area contributed by atoms with Crippen LogP contribution in [0, 0.1) is 10.7 Å². The zero-order valence-electron chi connectivity index (χ0n) is 4.60. The first-order chi connectivity index (χ1) is 4.33. The number of rotatable bonds is 1. The van der Waals surface area contributed by atoms with Gasteiger partial charge in [-0.2, -0.15) is 0 Å². The van der Waals surface area contributed by atoms with Crippen molar-refractivity contribution in [2.45, 2.75) is 0 Å². The van der Waals surface area contributed by atoms with E-state index in [1.165, 1.54) is 24.3 Å². The quantitative estimate of drug-likeness (QED) is 0.576. The van der Waals surface area contributed by atoms with Gasteiger partial charge in [-0.3, -0.25) is 0 Å². The molecule has 0 radical (unpaired) electrons. The summed E-state index contributed by atoms with van der Waals surface area (Å²) in [5.74, 6) is -0.339. The average molecular weight is 126 g/mol. The zero-order valence-corrected chi connectivity index (χ0v) is 4.60. The summed E-state index contributed by atoms with van der Waals surface area (Å²) in [5, 5.41) is 1.64. The van der Waals surface area contributed by atoms with Crippen molar-refractivity contribution in [1.82, 2.24) is 0 Å². The molecular formula is C6H5FNO+. The van der Waals surface area contributed by atoms with Crippen molar-refractivity contribution in [3.63, 3.8) is 0 Å². The highest BCUT2D eigenvalue weighted by atomic mass is 19.1. The topological polar surface area (TPSA) is 31.0 Å². The molecule has 0 saturated heterocycles. The van der Waals surface area contributed by atoms with E-state index in [0.717, 1.165) is 0 Å². The van der Waals surface area contributed by atoms with Crippen LogP contribution in [0.15, 0.2) is 24.3 Å². The predicted molar refractivity (Wildman–Crippen MR) is 30.4 cm³/mol. The molecule has 2 nitrogen and oxygen atoms in total. The Morgan fingerprint density at radius 1 is 1.22 bits per heavy atom. The van der Waals surface area contributed by atoms with Crippen LogP contribution in [0.3, 0.4) is 0 Å². The van der Waals surface area contributed by atoms with Gasteiger partial charge in [0.2, 0.25) is 0 Å². The number of benzene rings is 1. The molecule has 1 aromatic carbocycles. The first-order valence-corrected chi connectivity index (χ1v) is 2.46. The fourth-order valence-electron chi connectivity index (χ4n) is 0.518. The van der Waals surface area contributed by atoms with Crippen LogP contribution in [0.4, 0.5) is 10.1 Å². The smallest absolute Gasteiger partial charge is 0.207 e. The second kappa shape index (κ2) is 2.35. The van der Waals surface area contributed by atoms with Crippen molar-refractivity contribution < 1.29 is 9.57 Å². The molecule has 0 atom stereocenters. The molecule has 0 amide bonds. The highest BCUT2D eigenvalue weighted by Crippen LogP contribution is 2.00. The van der Waals surface area contributed by atoms with Crippen molar-refractivity contribution in [3.05, 3.63) is 35.0 Å². The van der Waals surface area contributed by atoms with Gasteiger partial charge in [0.25, 0.3) is 5.69 Å². The van der Waals surface area contributed by atoms with Crippen LogP contribution in [-0.2, 0) is 0 Å². The van der Waals surface area contributed by atoms with Gasteiger partial charge in [0.05, 0.1) is 0 Å². The average Bonchev–Trinajstić information content (AvgIpc) is 1.90. The summed E-state index contributed by atoms with van der Waals surface area (Å²) in [4.78, 5) is 9.87. The summed E-state index contributed by atoms with van der Waals surface area (Å²) in [7, 11) is 0. The number of nitroso groups, excluding NO2 is 1. The number of nitrogens with one attached hydrogen (secondary N) is 1. The van der Waals surface area contributed by atoms with Crippen molar-refractivity contribution in [3.8, 4) is 0 Å². The monoisotopic (exact) mass is 126 g/mol. The summed E-state index contributed by atoms with van der Waals surface area (Å²) >= 11 is 0. The summed E-state index contributed by atoms with van der Waals surface area (Å²) < 4.78 is 12.1. The minimum atomic E-state index is -0.339. The van der Waals surface area contributed by atoms with Crippen molar-refractivity contribution in [2.24, 2.45) is 0 Å². The minimum absolute atomic E-state index is 0.339. The van der Waals surface area contributed by atoms with Crippen LogP contribution < -0.4 is 5.18 Å². The Kier molecular flexibility index (Phi) is 1.53. The third kappa shape index (κ3) is 1.32. The van der Waals surface area contributed by atoms with E-state index in [2.05, 4.69) is 0 Å². The van der Waals surface area contributed by atoms with Crippen LogP contribution in [0.25, 0.3) is 0 Å². The lowest BCUT2D eigenvalue weighted by atomic mass is 10.3. The number of hydrogen-bond donors (Lipinski definition) is 1. The SMILES string of the molecule is O=[NH+]c1ccc(F)cc1. The minimum Gasteiger partial charge on any atom is -0.207 e. The maximum Gasteiger partial charge on any atom is 0.253 e. The Hall–Kier alpha value is -1.25. The maximum absolute atomic E-state index is 12.1. The van der Waals surface area contributed by atoms with Gasteiger partial charge in [0.1, 0.15) is 5.82 Å². The standard InChI is InChI=1S/C6H4FNO/c7-5-1-3-6(8-9)4-2-5/h1-4H/p+1. The second-order valence-electron chi connectivity index (χ2n) is 1.61. The highest BCUT2D eigenvalue weighted by molar-refractivity contribution is 5.27. The molecule has 0 saturated carbocycles. The molecule has 1 aromatic rings. The molecule has 3 heteroatoms. The van der Waals surface area contributed by atoms with Crippen molar-refractivity contribution in [1.29, 1.82) is 0 Å². The van der Waals surface area contributed by atoms with Gasteiger partial charge in [-0.1, -0.05) is 0 Å². The van der Waals surface area contributed by atoms with Crippen molar-refractivity contribution in [2.75, 3.05) is 0 Å². The lowest BCUT2D eigenvalue weighted by Gasteiger charge is -1.80. The molecule has 9 heavy (non-hydrogen) atoms. The largest absolute Gasteiger partial charge is 0.253 e. The summed E-state index contributed by atoms with van der Waals surface area (Å²) in [6.07, 6.45) is 0. The van der Waals surface area contributed by atoms with E-state index >= 15 is 0 Å². The van der Waals surface area contributed by atoms with Crippen LogP contribution in [0.1, 0.15) is 0 Å². The van der Waals surface area contributed by atoms with E-state index in [1.807, 2.05) is 0 Å². The van der Waals surface area contributed by atoms with Gasteiger partial charge in [-0.15, -0.1) is 0 Å². The molecule has 0 spiro atoms. The van der Waals surface area contributed by atoms with E-state index in [-0.39, 0.29) is 5.82 Å². The van der Waals surface area contributed by atoms with E-state index in [9.17, 15) is 9.30 Å². The normalized spacial score (nSPS) is 9.00. The molecule has 1 N–H and O–H groups in total. The van der Waals surface area contributed by atoms with E-state index < -0.39 is 0 Å². The molecule has 0 aliphatic heterocycles. The third-order valence-corrected chi connectivity index (χ3v) is 0.962. The molecule has 0 fully saturated rings. The van der Waals surface area contributed by atoms with E-state index in [0.29, 0.717) is 5.69 Å². The lowest BCUT2D eigenvalue weighted by molar-refractivity contribution is -0.379. The van der Waals surface area contributed by atoms with Gasteiger partial charge in [0.15, 0.2) is 0 Å². The van der Waals surface area contributed by atoms with Crippen LogP contribution in [-0.4, -0.2) is 0 Å².